The number of pyridine rings is 1. The van der Waals surface area contributed by atoms with Crippen LogP contribution in [-0.2, 0) is 13.0 Å². The third kappa shape index (κ3) is 3.28. The molecule has 0 N–H and O–H groups in total. The molecule has 0 saturated carbocycles. The third-order valence-corrected chi connectivity index (χ3v) is 5.07. The number of thiophene rings is 1. The number of hydrogen-bond acceptors (Lipinski definition) is 3. The van der Waals surface area contributed by atoms with Crippen LogP contribution in [0.4, 0.5) is 0 Å². The highest BCUT2D eigenvalue weighted by molar-refractivity contribution is 7.11. The molecule has 0 spiro atoms. The van der Waals surface area contributed by atoms with Crippen molar-refractivity contribution in [3.05, 3.63) is 52.0 Å². The standard InChI is InChI=1S/C17H22N2S/c1-2-3-6-15-8-9-16(20-15)13-19-11-14(12-19)17-7-4-5-10-18-17/h4-5,7-10,14H,2-3,6,11-13H2,1H3. The average molecular weight is 286 g/mol. The van der Waals surface area contributed by atoms with E-state index in [1.54, 1.807) is 4.88 Å². The SMILES string of the molecule is CCCCc1ccc(CN2CC(c3ccccn3)C2)s1. The van der Waals surface area contributed by atoms with Crippen LogP contribution < -0.4 is 0 Å². The summed E-state index contributed by atoms with van der Waals surface area (Å²) in [6, 6.07) is 10.8. The van der Waals surface area contributed by atoms with Gasteiger partial charge in [0.1, 0.15) is 0 Å². The third-order valence-electron chi connectivity index (χ3n) is 3.94. The van der Waals surface area contributed by atoms with Crippen molar-refractivity contribution in [1.82, 2.24) is 9.88 Å². The molecule has 2 aromatic heterocycles. The van der Waals surface area contributed by atoms with Crippen molar-refractivity contribution in [2.45, 2.75) is 38.6 Å². The second-order valence-electron chi connectivity index (χ2n) is 5.62. The smallest absolute Gasteiger partial charge is 0.0460 e. The van der Waals surface area contributed by atoms with E-state index in [2.05, 4.69) is 41.1 Å². The van der Waals surface area contributed by atoms with Crippen molar-refractivity contribution in [3.8, 4) is 0 Å². The first-order valence-corrected chi connectivity index (χ1v) is 8.37. The zero-order valence-corrected chi connectivity index (χ0v) is 12.9. The lowest BCUT2D eigenvalue weighted by molar-refractivity contribution is 0.139. The first kappa shape index (κ1) is 13.8. The van der Waals surface area contributed by atoms with Crippen molar-refractivity contribution >= 4 is 11.3 Å². The molecule has 0 radical (unpaired) electrons. The molecule has 0 atom stereocenters. The summed E-state index contributed by atoms with van der Waals surface area (Å²) < 4.78 is 0. The summed E-state index contributed by atoms with van der Waals surface area (Å²) in [5.74, 6) is 0.635. The summed E-state index contributed by atoms with van der Waals surface area (Å²) in [5, 5.41) is 0. The van der Waals surface area contributed by atoms with Crippen LogP contribution in [0.1, 0.15) is 41.1 Å². The van der Waals surface area contributed by atoms with Gasteiger partial charge in [0.15, 0.2) is 0 Å². The van der Waals surface area contributed by atoms with Gasteiger partial charge in [0.25, 0.3) is 0 Å². The van der Waals surface area contributed by atoms with Crippen LogP contribution in [0.2, 0.25) is 0 Å². The summed E-state index contributed by atoms with van der Waals surface area (Å²) in [7, 11) is 0. The van der Waals surface area contributed by atoms with Gasteiger partial charge in [-0.1, -0.05) is 19.4 Å². The lowest BCUT2D eigenvalue weighted by Gasteiger charge is -2.38. The Hall–Kier alpha value is -1.19. The lowest BCUT2D eigenvalue weighted by atomic mass is 9.96. The van der Waals surface area contributed by atoms with Crippen molar-refractivity contribution < 1.29 is 0 Å². The van der Waals surface area contributed by atoms with Crippen LogP contribution >= 0.6 is 11.3 Å². The largest absolute Gasteiger partial charge is 0.297 e. The first-order valence-electron chi connectivity index (χ1n) is 7.56. The summed E-state index contributed by atoms with van der Waals surface area (Å²) in [5.41, 5.74) is 1.25. The van der Waals surface area contributed by atoms with Crippen molar-refractivity contribution in [2.75, 3.05) is 13.1 Å². The Bertz CT molecular complexity index is 529. The zero-order chi connectivity index (χ0) is 13.8. The monoisotopic (exact) mass is 286 g/mol. The first-order chi connectivity index (χ1) is 9.85. The number of nitrogens with zero attached hydrogens (tertiary/aromatic N) is 2. The Morgan fingerprint density at radius 1 is 1.20 bits per heavy atom. The van der Waals surface area contributed by atoms with E-state index in [-0.39, 0.29) is 0 Å². The molecule has 0 aliphatic carbocycles. The van der Waals surface area contributed by atoms with E-state index in [1.165, 1.54) is 29.8 Å². The fourth-order valence-corrected chi connectivity index (χ4v) is 3.82. The molecule has 0 amide bonds. The number of likely N-dealkylation sites (tertiary alicyclic amines) is 1. The normalized spacial score (nSPS) is 16.2. The highest BCUT2D eigenvalue weighted by Crippen LogP contribution is 2.28. The van der Waals surface area contributed by atoms with Crippen molar-refractivity contribution in [1.29, 1.82) is 0 Å². The van der Waals surface area contributed by atoms with Crippen LogP contribution in [-0.4, -0.2) is 23.0 Å². The zero-order valence-electron chi connectivity index (χ0n) is 12.1. The predicted molar refractivity (Wildman–Crippen MR) is 85.2 cm³/mol. The summed E-state index contributed by atoms with van der Waals surface area (Å²) in [6.45, 7) is 5.67. The van der Waals surface area contributed by atoms with Crippen molar-refractivity contribution in [2.24, 2.45) is 0 Å². The summed E-state index contributed by atoms with van der Waals surface area (Å²) in [4.78, 5) is 10.0. The van der Waals surface area contributed by atoms with E-state index in [0.29, 0.717) is 5.92 Å². The van der Waals surface area contributed by atoms with E-state index >= 15 is 0 Å². The molecule has 2 aromatic rings. The van der Waals surface area contributed by atoms with Gasteiger partial charge in [-0.2, -0.15) is 0 Å². The minimum absolute atomic E-state index is 0.635. The van der Waals surface area contributed by atoms with E-state index < -0.39 is 0 Å². The number of unbranched alkanes of at least 4 members (excludes halogenated alkanes) is 1. The minimum atomic E-state index is 0.635. The van der Waals surface area contributed by atoms with Gasteiger partial charge in [0, 0.05) is 47.2 Å². The van der Waals surface area contributed by atoms with Gasteiger partial charge < -0.3 is 0 Å². The highest BCUT2D eigenvalue weighted by Gasteiger charge is 2.28. The van der Waals surface area contributed by atoms with Gasteiger partial charge in [-0.25, -0.2) is 0 Å². The Balaban J connectivity index is 1.48. The molecule has 106 valence electrons. The molecular formula is C17H22N2S. The average Bonchev–Trinajstić information content (AvgIpc) is 2.89. The van der Waals surface area contributed by atoms with Crippen LogP contribution in [0.25, 0.3) is 0 Å². The van der Waals surface area contributed by atoms with Gasteiger partial charge >= 0.3 is 0 Å². The lowest BCUT2D eigenvalue weighted by Crippen LogP contribution is -2.44. The fourth-order valence-electron chi connectivity index (χ4n) is 2.72. The maximum absolute atomic E-state index is 4.46. The molecule has 0 bridgehead atoms. The van der Waals surface area contributed by atoms with Gasteiger partial charge in [0.05, 0.1) is 0 Å². The second-order valence-corrected chi connectivity index (χ2v) is 6.87. The Kier molecular flexibility index (Phi) is 4.48. The molecule has 3 heterocycles. The van der Waals surface area contributed by atoms with E-state index in [9.17, 15) is 0 Å². The van der Waals surface area contributed by atoms with Crippen LogP contribution in [0.15, 0.2) is 36.5 Å². The number of aromatic nitrogens is 1. The molecule has 20 heavy (non-hydrogen) atoms. The second kappa shape index (κ2) is 6.51. The maximum atomic E-state index is 4.46. The van der Waals surface area contributed by atoms with E-state index in [4.69, 9.17) is 0 Å². The molecule has 0 aromatic carbocycles. The molecule has 1 saturated heterocycles. The predicted octanol–water partition coefficient (Wildman–Crippen LogP) is 4.09. The summed E-state index contributed by atoms with van der Waals surface area (Å²) in [6.07, 6.45) is 5.74. The topological polar surface area (TPSA) is 16.1 Å². The van der Waals surface area contributed by atoms with Crippen LogP contribution in [0, 0.1) is 0 Å². The Labute approximate surface area is 125 Å². The summed E-state index contributed by atoms with van der Waals surface area (Å²) >= 11 is 1.99. The van der Waals surface area contributed by atoms with E-state index in [0.717, 1.165) is 19.6 Å². The molecule has 1 aliphatic rings. The number of rotatable bonds is 6. The minimum Gasteiger partial charge on any atom is -0.297 e. The molecule has 1 aliphatic heterocycles. The van der Waals surface area contributed by atoms with Crippen molar-refractivity contribution in [3.63, 3.8) is 0 Å². The van der Waals surface area contributed by atoms with E-state index in [1.807, 2.05) is 23.6 Å². The van der Waals surface area contributed by atoms with Crippen LogP contribution in [0.3, 0.4) is 0 Å². The molecule has 0 unspecified atom stereocenters. The Morgan fingerprint density at radius 2 is 2.05 bits per heavy atom. The number of aryl methyl sites for hydroxylation is 1. The molecule has 2 nitrogen and oxygen atoms in total. The van der Waals surface area contributed by atoms with Gasteiger partial charge in [0.2, 0.25) is 0 Å². The molecule has 3 rings (SSSR count). The maximum Gasteiger partial charge on any atom is 0.0460 e. The highest BCUT2D eigenvalue weighted by atomic mass is 32.1. The number of hydrogen-bond donors (Lipinski definition) is 0. The molecular weight excluding hydrogens is 264 g/mol. The van der Waals surface area contributed by atoms with Gasteiger partial charge in [-0.3, -0.25) is 9.88 Å². The molecule has 1 fully saturated rings. The molecule has 3 heteroatoms. The Morgan fingerprint density at radius 3 is 2.80 bits per heavy atom. The van der Waals surface area contributed by atoms with Crippen LogP contribution in [0.5, 0.6) is 0 Å². The van der Waals surface area contributed by atoms with Gasteiger partial charge in [-0.05, 0) is 37.1 Å². The quantitative estimate of drug-likeness (QED) is 0.795. The van der Waals surface area contributed by atoms with Gasteiger partial charge in [-0.15, -0.1) is 11.3 Å². The fraction of sp³-hybridized carbons (Fsp3) is 0.471.